The first-order chi connectivity index (χ1) is 40.5. The van der Waals surface area contributed by atoms with Crippen molar-refractivity contribution in [3.63, 3.8) is 0 Å². The summed E-state index contributed by atoms with van der Waals surface area (Å²) in [4.78, 5) is 7.71. The Balaban J connectivity index is 1.06. The molecule has 0 radical (unpaired) electrons. The molecule has 2 aromatic heterocycles. The molecular formula is C70H69N4O+. The molecule has 0 fully saturated rings. The van der Waals surface area contributed by atoms with E-state index in [1.54, 1.807) is 16.8 Å². The molecule has 0 bridgehead atoms. The molecule has 1 aliphatic heterocycles. The third-order valence-electron chi connectivity index (χ3n) is 15.5. The van der Waals surface area contributed by atoms with Crippen molar-refractivity contribution in [3.05, 3.63) is 216 Å². The predicted molar refractivity (Wildman–Crippen MR) is 314 cm³/mol. The second kappa shape index (κ2) is 18.0. The van der Waals surface area contributed by atoms with Crippen LogP contribution in [0.5, 0.6) is 11.5 Å². The predicted octanol–water partition coefficient (Wildman–Crippen LogP) is 17.9. The van der Waals surface area contributed by atoms with Crippen LogP contribution in [0.2, 0.25) is 0 Å². The van der Waals surface area contributed by atoms with Crippen molar-refractivity contribution in [2.75, 3.05) is 11.6 Å². The molecular weight excluding hydrogens is 913 g/mol. The molecule has 374 valence electrons. The highest BCUT2D eigenvalue weighted by molar-refractivity contribution is 6.09. The maximum atomic E-state index is 10.4. The second-order valence-corrected chi connectivity index (χ2v) is 23.7. The molecule has 0 amide bonds. The Bertz CT molecular complexity index is 4480. The van der Waals surface area contributed by atoms with Gasteiger partial charge in [0.1, 0.15) is 23.0 Å². The first-order valence-electron chi connectivity index (χ1n) is 31.5. The summed E-state index contributed by atoms with van der Waals surface area (Å²) in [6.07, 6.45) is 3.29. The van der Waals surface area contributed by atoms with Gasteiger partial charge in [0, 0.05) is 46.3 Å². The van der Waals surface area contributed by atoms with Gasteiger partial charge in [-0.3, -0.25) is 9.47 Å². The van der Waals surface area contributed by atoms with E-state index in [-0.39, 0.29) is 95.2 Å². The number of hydrogen-bond acceptors (Lipinski definition) is 3. The maximum Gasteiger partial charge on any atom is 0.167 e. The normalized spacial score (nSPS) is 18.1. The number of nitrogens with zero attached hydrogens (tertiary/aromatic N) is 3. The van der Waals surface area contributed by atoms with Gasteiger partial charge in [0.2, 0.25) is 0 Å². The van der Waals surface area contributed by atoms with Crippen LogP contribution in [0.25, 0.3) is 61.0 Å². The van der Waals surface area contributed by atoms with Gasteiger partial charge in [-0.2, -0.15) is 0 Å². The largest absolute Gasteiger partial charge is 0.457 e. The summed E-state index contributed by atoms with van der Waals surface area (Å²) in [5.41, 5.74) is 7.60. The summed E-state index contributed by atoms with van der Waals surface area (Å²) in [5.74, 6) is 1.44. The molecule has 5 nitrogen and oxygen atoms in total. The minimum atomic E-state index is -0.552. The van der Waals surface area contributed by atoms with E-state index in [1.807, 2.05) is 115 Å². The van der Waals surface area contributed by atoms with Gasteiger partial charge in [0.05, 0.1) is 31.8 Å². The van der Waals surface area contributed by atoms with Crippen molar-refractivity contribution >= 4 is 44.6 Å². The zero-order chi connectivity index (χ0) is 61.6. The Morgan fingerprint density at radius 3 is 2.03 bits per heavy atom. The van der Waals surface area contributed by atoms with Crippen molar-refractivity contribution in [1.82, 2.24) is 9.55 Å². The summed E-state index contributed by atoms with van der Waals surface area (Å²) in [7, 11) is 0. The van der Waals surface area contributed by atoms with E-state index in [0.29, 0.717) is 67.1 Å². The summed E-state index contributed by atoms with van der Waals surface area (Å²) in [6.45, 7) is 21.2. The minimum Gasteiger partial charge on any atom is -0.457 e. The molecule has 3 heterocycles. The molecule has 10 aromatic rings. The Kier molecular flexibility index (Phi) is 8.89. The van der Waals surface area contributed by atoms with E-state index in [1.165, 1.54) is 0 Å². The van der Waals surface area contributed by atoms with Crippen molar-refractivity contribution < 1.29 is 24.7 Å². The van der Waals surface area contributed by atoms with E-state index in [0.717, 1.165) is 51.5 Å². The fourth-order valence-corrected chi connectivity index (χ4v) is 11.0. The van der Waals surface area contributed by atoms with Gasteiger partial charge in [-0.15, -0.1) is 0 Å². The molecule has 1 atom stereocenters. The third-order valence-corrected chi connectivity index (χ3v) is 15.5. The lowest BCUT2D eigenvalue weighted by atomic mass is 9.63. The molecule has 0 saturated heterocycles. The lowest BCUT2D eigenvalue weighted by molar-refractivity contribution is -0.750. The smallest absolute Gasteiger partial charge is 0.167 e. The molecule has 0 spiro atoms. The average Bonchev–Trinajstić information content (AvgIpc) is 1.12. The molecule has 1 aliphatic carbocycles. The number of fused-ring (bicyclic) bond motifs is 5. The highest BCUT2D eigenvalue weighted by Crippen LogP contribution is 2.50. The lowest BCUT2D eigenvalue weighted by Crippen LogP contribution is -3.02. The van der Waals surface area contributed by atoms with Crippen LogP contribution in [-0.4, -0.2) is 16.2 Å². The number of benzene rings is 8. The molecule has 1 N–H and O–H groups in total. The van der Waals surface area contributed by atoms with Crippen LogP contribution in [-0.2, 0) is 21.7 Å². The topological polar surface area (TPSA) is 34.7 Å². The zero-order valence-corrected chi connectivity index (χ0v) is 44.5. The standard InChI is InChI=1S/C70H68N4O/c1-67(2,3)50-34-37-71-65(42-50)74-61-27-15-14-26-55(61)56-32-31-54(44-64(56)74)75-53-25-19-24-52(43-53)72-45-73(63-29-17-16-28-62(63)72)66-57(48-23-18-22-47(38-48)46-20-12-11-13-21-46)40-51(68(4,5)6)41-58(66)49-30-33-59-60(39-49)70(9,10)36-35-69(59,7)8/h11-34,37-44H,35-36,45H2,1-10H3/p+1/i14D,15D,18D,22D,23D,26D,27D,30D,33D,38D,39D. The lowest BCUT2D eigenvalue weighted by Gasteiger charge is -2.42. The fourth-order valence-electron chi connectivity index (χ4n) is 11.0. The summed E-state index contributed by atoms with van der Waals surface area (Å²) < 4.78 is 113. The number of para-hydroxylation sites is 3. The molecule has 1 unspecified atom stereocenters. The molecule has 8 aromatic carbocycles. The van der Waals surface area contributed by atoms with Gasteiger partial charge in [0.15, 0.2) is 18.0 Å². The van der Waals surface area contributed by atoms with Crippen LogP contribution < -0.4 is 14.5 Å². The SMILES string of the molecule is [2H]c1c([2H])c(-c2ccccc2)c([2H])c(-c2cc(C(C)(C)C)cc(-c3c([2H])c([2H])c4c(c3[2H])C(C)(C)CCC4(C)C)c2[NH+]2CN(c3cccc(Oc4ccc5c6c([2H])c([2H])c([2H])c([2H])c6n(-c6cc(C(C)(C)C)ccn6)c5c4)c3)c3ccccc32)c1[2H]. The first kappa shape index (κ1) is 37.1. The average molecular weight is 993 g/mol. The van der Waals surface area contributed by atoms with Gasteiger partial charge in [-0.1, -0.05) is 172 Å². The number of anilines is 2. The van der Waals surface area contributed by atoms with Crippen LogP contribution in [0.3, 0.4) is 0 Å². The summed E-state index contributed by atoms with van der Waals surface area (Å²) in [6, 6.07) is 36.5. The van der Waals surface area contributed by atoms with E-state index in [9.17, 15) is 9.60 Å². The van der Waals surface area contributed by atoms with Crippen molar-refractivity contribution in [1.29, 1.82) is 0 Å². The van der Waals surface area contributed by atoms with Crippen molar-refractivity contribution in [2.24, 2.45) is 0 Å². The number of rotatable bonds is 8. The third kappa shape index (κ3) is 8.71. The quantitative estimate of drug-likeness (QED) is 0.165. The number of quaternary nitrogens is 1. The summed E-state index contributed by atoms with van der Waals surface area (Å²) in [5, 5.41) is 0.988. The molecule has 12 rings (SSSR count). The van der Waals surface area contributed by atoms with Crippen LogP contribution in [0.4, 0.5) is 22.7 Å². The van der Waals surface area contributed by atoms with Crippen molar-refractivity contribution in [2.45, 2.75) is 104 Å². The Hall–Kier alpha value is -7.73. The minimum absolute atomic E-state index is 0.0757. The van der Waals surface area contributed by atoms with Crippen LogP contribution >= 0.6 is 0 Å². The van der Waals surface area contributed by atoms with Gasteiger partial charge in [-0.05, 0) is 146 Å². The van der Waals surface area contributed by atoms with E-state index >= 15 is 0 Å². The number of ether oxygens (including phenoxy) is 1. The summed E-state index contributed by atoms with van der Waals surface area (Å²) >= 11 is 0. The van der Waals surface area contributed by atoms with Crippen LogP contribution in [0.15, 0.2) is 194 Å². The Morgan fingerprint density at radius 1 is 0.560 bits per heavy atom. The fraction of sp³-hybridized carbons (Fsp3) is 0.243. The van der Waals surface area contributed by atoms with Gasteiger partial charge in [0.25, 0.3) is 0 Å². The van der Waals surface area contributed by atoms with E-state index < -0.39 is 16.2 Å². The number of aromatic nitrogens is 2. The second-order valence-electron chi connectivity index (χ2n) is 23.7. The zero-order valence-electron chi connectivity index (χ0n) is 55.5. The number of nitrogens with one attached hydrogen (secondary N) is 1. The maximum absolute atomic E-state index is 10.4. The Labute approximate surface area is 459 Å². The molecule has 5 heteroatoms. The molecule has 2 aliphatic rings. The van der Waals surface area contributed by atoms with Crippen LogP contribution in [0.1, 0.15) is 119 Å². The van der Waals surface area contributed by atoms with Crippen LogP contribution in [0, 0.1) is 0 Å². The molecule has 0 saturated carbocycles. The van der Waals surface area contributed by atoms with Gasteiger partial charge >= 0.3 is 0 Å². The highest BCUT2D eigenvalue weighted by Gasteiger charge is 2.40. The van der Waals surface area contributed by atoms with Crippen molar-refractivity contribution in [3.8, 4) is 50.7 Å². The first-order valence-corrected chi connectivity index (χ1v) is 26.0. The van der Waals surface area contributed by atoms with E-state index in [4.69, 9.17) is 15.2 Å². The molecule has 75 heavy (non-hydrogen) atoms. The highest BCUT2D eigenvalue weighted by atomic mass is 16.5. The number of pyridine rings is 1. The number of hydrogen-bond donors (Lipinski definition) is 1. The Morgan fingerprint density at radius 2 is 1.25 bits per heavy atom. The van der Waals surface area contributed by atoms with Gasteiger partial charge < -0.3 is 4.74 Å². The van der Waals surface area contributed by atoms with Gasteiger partial charge in [-0.25, -0.2) is 9.88 Å². The monoisotopic (exact) mass is 993 g/mol. The van der Waals surface area contributed by atoms with E-state index in [2.05, 4.69) is 74.1 Å².